The third-order valence-corrected chi connectivity index (χ3v) is 5.55. The molecule has 0 atom stereocenters. The van der Waals surface area contributed by atoms with Crippen LogP contribution < -0.4 is 10.9 Å². The average Bonchev–Trinajstić information content (AvgIpc) is 3.41. The summed E-state index contributed by atoms with van der Waals surface area (Å²) in [6.45, 7) is 3.35. The largest absolute Gasteiger partial charge is 0.306 e. The predicted octanol–water partition coefficient (Wildman–Crippen LogP) is 3.46. The molecule has 11 heteroatoms. The number of H-pyrrole nitrogens is 1. The van der Waals surface area contributed by atoms with Gasteiger partial charge in [0.05, 0.1) is 9.80 Å². The Kier molecular flexibility index (Phi) is 5.17. The van der Waals surface area contributed by atoms with Crippen molar-refractivity contribution in [2.75, 3.05) is 5.32 Å². The van der Waals surface area contributed by atoms with Gasteiger partial charge in [-0.25, -0.2) is 4.98 Å². The van der Waals surface area contributed by atoms with Crippen molar-refractivity contribution in [3.8, 4) is 16.5 Å². The second-order valence-corrected chi connectivity index (χ2v) is 7.58. The fraction of sp³-hybridized carbons (Fsp3) is 0.100. The lowest BCUT2D eigenvalue weighted by Crippen LogP contribution is -2.21. The number of hydrogen-bond acceptors (Lipinski definition) is 7. The van der Waals surface area contributed by atoms with Gasteiger partial charge in [-0.2, -0.15) is 9.78 Å². The minimum Gasteiger partial charge on any atom is -0.306 e. The fourth-order valence-electron chi connectivity index (χ4n) is 2.92. The van der Waals surface area contributed by atoms with Crippen molar-refractivity contribution in [3.63, 3.8) is 0 Å². The maximum Gasteiger partial charge on any atom is 0.282 e. The smallest absolute Gasteiger partial charge is 0.282 e. The quantitative estimate of drug-likeness (QED) is 0.363. The highest BCUT2D eigenvalue weighted by Gasteiger charge is 2.22. The van der Waals surface area contributed by atoms with Crippen LogP contribution in [0.15, 0.2) is 52.6 Å². The van der Waals surface area contributed by atoms with E-state index in [1.807, 2.05) is 17.5 Å². The molecule has 1 aromatic carbocycles. The number of rotatable bonds is 5. The van der Waals surface area contributed by atoms with Gasteiger partial charge < -0.3 is 5.32 Å². The van der Waals surface area contributed by atoms with E-state index in [0.29, 0.717) is 17.0 Å². The third-order valence-electron chi connectivity index (χ3n) is 4.65. The van der Waals surface area contributed by atoms with E-state index in [1.165, 1.54) is 34.2 Å². The highest BCUT2D eigenvalue weighted by molar-refractivity contribution is 7.13. The average molecular weight is 436 g/mol. The van der Waals surface area contributed by atoms with Crippen molar-refractivity contribution in [1.82, 2.24) is 19.7 Å². The highest BCUT2D eigenvalue weighted by atomic mass is 32.1. The first-order valence-electron chi connectivity index (χ1n) is 9.11. The van der Waals surface area contributed by atoms with E-state index in [9.17, 15) is 19.7 Å². The topological polar surface area (TPSA) is 136 Å². The van der Waals surface area contributed by atoms with Gasteiger partial charge in [-0.1, -0.05) is 18.2 Å². The molecule has 3 heterocycles. The first-order valence-corrected chi connectivity index (χ1v) is 9.99. The molecule has 0 fully saturated rings. The zero-order valence-corrected chi connectivity index (χ0v) is 17.3. The Morgan fingerprint density at radius 3 is 2.68 bits per heavy atom. The Morgan fingerprint density at radius 2 is 2.00 bits per heavy atom. The van der Waals surface area contributed by atoms with E-state index in [-0.39, 0.29) is 28.6 Å². The minimum absolute atomic E-state index is 0.0977. The number of aromatic nitrogens is 4. The van der Waals surface area contributed by atoms with Crippen LogP contribution in [-0.2, 0) is 0 Å². The van der Waals surface area contributed by atoms with Gasteiger partial charge in [0, 0.05) is 23.4 Å². The maximum atomic E-state index is 12.9. The monoisotopic (exact) mass is 436 g/mol. The minimum atomic E-state index is -0.683. The summed E-state index contributed by atoms with van der Waals surface area (Å²) >= 11 is 1.45. The van der Waals surface area contributed by atoms with Gasteiger partial charge in [0.15, 0.2) is 0 Å². The summed E-state index contributed by atoms with van der Waals surface area (Å²) in [7, 11) is 0. The summed E-state index contributed by atoms with van der Waals surface area (Å²) in [5.41, 5.74) is 0.796. The van der Waals surface area contributed by atoms with Crippen LogP contribution in [0.2, 0.25) is 0 Å². The van der Waals surface area contributed by atoms with E-state index < -0.39 is 10.8 Å². The second kappa shape index (κ2) is 7.95. The lowest BCUT2D eigenvalue weighted by Gasteiger charge is -2.09. The summed E-state index contributed by atoms with van der Waals surface area (Å²) in [4.78, 5) is 43.6. The van der Waals surface area contributed by atoms with Crippen LogP contribution in [0.25, 0.3) is 16.5 Å². The molecule has 10 nitrogen and oxygen atoms in total. The number of nitrogens with zero attached hydrogens (tertiary/aromatic N) is 4. The zero-order chi connectivity index (χ0) is 22.1. The van der Waals surface area contributed by atoms with E-state index in [4.69, 9.17) is 0 Å². The second-order valence-electron chi connectivity index (χ2n) is 6.63. The number of benzene rings is 1. The maximum absolute atomic E-state index is 12.9. The number of nitrogens with one attached hydrogen (secondary N) is 2. The number of carbonyl (C=O) groups is 1. The molecule has 0 saturated carbocycles. The van der Waals surface area contributed by atoms with Crippen LogP contribution in [0, 0.1) is 24.0 Å². The number of carbonyl (C=O) groups excluding carboxylic acids is 1. The molecule has 156 valence electrons. The summed E-state index contributed by atoms with van der Waals surface area (Å²) in [5, 5.41) is 20.3. The number of nitro benzene ring substituents is 1. The van der Waals surface area contributed by atoms with Gasteiger partial charge in [0.2, 0.25) is 5.95 Å². The number of nitro groups is 1. The normalized spacial score (nSPS) is 10.8. The van der Waals surface area contributed by atoms with Crippen LogP contribution in [-0.4, -0.2) is 30.6 Å². The molecule has 0 bridgehead atoms. The lowest BCUT2D eigenvalue weighted by atomic mass is 10.1. The molecule has 4 rings (SSSR count). The van der Waals surface area contributed by atoms with Crippen LogP contribution in [0.5, 0.6) is 0 Å². The molecular weight excluding hydrogens is 420 g/mol. The van der Waals surface area contributed by atoms with Crippen molar-refractivity contribution in [1.29, 1.82) is 0 Å². The van der Waals surface area contributed by atoms with Crippen molar-refractivity contribution in [2.24, 2.45) is 0 Å². The Labute approximate surface area is 179 Å². The fourth-order valence-corrected chi connectivity index (χ4v) is 3.60. The molecule has 0 aliphatic rings. The summed E-state index contributed by atoms with van der Waals surface area (Å²) in [6.07, 6.45) is 0. The number of para-hydroxylation sites is 1. The number of anilines is 1. The van der Waals surface area contributed by atoms with Gasteiger partial charge in [-0.3, -0.25) is 24.7 Å². The molecule has 4 aromatic rings. The molecule has 3 aromatic heterocycles. The van der Waals surface area contributed by atoms with Crippen LogP contribution in [0.3, 0.4) is 0 Å². The van der Waals surface area contributed by atoms with Crippen molar-refractivity contribution in [3.05, 3.63) is 85.1 Å². The Morgan fingerprint density at radius 1 is 1.23 bits per heavy atom. The van der Waals surface area contributed by atoms with Gasteiger partial charge in [-0.05, 0) is 31.4 Å². The van der Waals surface area contributed by atoms with Gasteiger partial charge >= 0.3 is 0 Å². The lowest BCUT2D eigenvalue weighted by molar-refractivity contribution is -0.385. The van der Waals surface area contributed by atoms with E-state index in [1.54, 1.807) is 26.0 Å². The molecule has 31 heavy (non-hydrogen) atoms. The van der Waals surface area contributed by atoms with E-state index >= 15 is 0 Å². The van der Waals surface area contributed by atoms with E-state index in [0.717, 1.165) is 4.88 Å². The van der Waals surface area contributed by atoms with Crippen LogP contribution in [0.1, 0.15) is 21.6 Å². The molecule has 2 N–H and O–H groups in total. The van der Waals surface area contributed by atoms with Crippen LogP contribution in [0.4, 0.5) is 11.5 Å². The number of aryl methyl sites for hydroxylation is 1. The Balaban J connectivity index is 1.81. The predicted molar refractivity (Wildman–Crippen MR) is 116 cm³/mol. The third kappa shape index (κ3) is 3.85. The SMILES string of the molecule is Cc1nc(-n2nc(-c3cccs3)cc2NC(=O)c2ccccc2[N+](=O)[O-])[nH]c(=O)c1C. The summed E-state index contributed by atoms with van der Waals surface area (Å²) < 4.78 is 1.30. The zero-order valence-electron chi connectivity index (χ0n) is 16.4. The van der Waals surface area contributed by atoms with Gasteiger partial charge in [-0.15, -0.1) is 11.3 Å². The molecule has 0 unspecified atom stereocenters. The molecule has 1 amide bonds. The first kappa shape index (κ1) is 20.2. The van der Waals surface area contributed by atoms with Gasteiger partial charge in [0.1, 0.15) is 17.1 Å². The van der Waals surface area contributed by atoms with Gasteiger partial charge in [0.25, 0.3) is 17.2 Å². The molecular formula is C20H16N6O4S. The number of thiophene rings is 1. The standard InChI is InChI=1S/C20H16N6O4S/c1-11-12(2)21-20(23-18(11)27)25-17(10-14(24-25)16-8-5-9-31-16)22-19(28)13-6-3-4-7-15(13)26(29)30/h3-10H,1-2H3,(H,22,28)(H,21,23,27). The molecule has 0 saturated heterocycles. The molecule has 0 aliphatic heterocycles. The molecule has 0 spiro atoms. The number of aromatic amines is 1. The highest BCUT2D eigenvalue weighted by Crippen LogP contribution is 2.28. The summed E-state index contributed by atoms with van der Waals surface area (Å²) in [6, 6.07) is 11.0. The van der Waals surface area contributed by atoms with Crippen molar-refractivity contribution < 1.29 is 9.72 Å². The van der Waals surface area contributed by atoms with E-state index in [2.05, 4.69) is 20.4 Å². The van der Waals surface area contributed by atoms with Crippen molar-refractivity contribution in [2.45, 2.75) is 13.8 Å². The first-order chi connectivity index (χ1) is 14.8. The number of amides is 1. The molecule has 0 aliphatic carbocycles. The summed E-state index contributed by atoms with van der Waals surface area (Å²) in [5.74, 6) is -0.357. The Bertz CT molecular complexity index is 1360. The van der Waals surface area contributed by atoms with Crippen LogP contribution >= 0.6 is 11.3 Å². The molecule has 0 radical (unpaired) electrons. The van der Waals surface area contributed by atoms with Crippen molar-refractivity contribution >= 4 is 28.7 Å². The number of hydrogen-bond donors (Lipinski definition) is 2. The Hall–Kier alpha value is -4.12.